The van der Waals surface area contributed by atoms with Crippen molar-refractivity contribution in [1.29, 1.82) is 0 Å². The number of carbonyl (C=O) groups excluding carboxylic acids is 1. The second-order valence-corrected chi connectivity index (χ2v) is 6.72. The number of nitrogens with zero attached hydrogens (tertiary/aromatic N) is 2. The molecule has 2 atom stereocenters. The van der Waals surface area contributed by atoms with Gasteiger partial charge in [0.1, 0.15) is 11.5 Å². The van der Waals surface area contributed by atoms with Crippen LogP contribution in [0.3, 0.4) is 0 Å². The van der Waals surface area contributed by atoms with E-state index in [2.05, 4.69) is 10.4 Å². The molecule has 1 amide bonds. The SMILES string of the molecule is Cc1cc(=O)c(C(=O)NC2CCCCC2CN)nn1-c1ccccc1F.Cl. The molecule has 2 aromatic rings. The Hall–Kier alpha value is -2.25. The lowest BCUT2D eigenvalue weighted by atomic mass is 9.84. The van der Waals surface area contributed by atoms with Crippen LogP contribution >= 0.6 is 12.4 Å². The van der Waals surface area contributed by atoms with E-state index in [1.165, 1.54) is 16.8 Å². The topological polar surface area (TPSA) is 90.0 Å². The van der Waals surface area contributed by atoms with Crippen LogP contribution in [0.4, 0.5) is 4.39 Å². The smallest absolute Gasteiger partial charge is 0.276 e. The summed E-state index contributed by atoms with van der Waals surface area (Å²) < 4.78 is 15.4. The molecule has 1 saturated carbocycles. The van der Waals surface area contributed by atoms with Crippen LogP contribution in [-0.2, 0) is 0 Å². The number of halogens is 2. The number of hydrogen-bond acceptors (Lipinski definition) is 4. The van der Waals surface area contributed by atoms with E-state index < -0.39 is 17.2 Å². The Morgan fingerprint density at radius 1 is 1.33 bits per heavy atom. The second kappa shape index (κ2) is 9.10. The normalized spacial score (nSPS) is 19.2. The summed E-state index contributed by atoms with van der Waals surface area (Å²) in [5, 5.41) is 7.04. The van der Waals surface area contributed by atoms with Gasteiger partial charge in [-0.1, -0.05) is 25.0 Å². The van der Waals surface area contributed by atoms with Gasteiger partial charge in [-0.25, -0.2) is 9.07 Å². The molecule has 2 unspecified atom stereocenters. The number of rotatable bonds is 4. The van der Waals surface area contributed by atoms with Gasteiger partial charge in [-0.2, -0.15) is 5.10 Å². The first-order valence-electron chi connectivity index (χ1n) is 8.88. The van der Waals surface area contributed by atoms with Crippen LogP contribution in [0.2, 0.25) is 0 Å². The maximum absolute atomic E-state index is 14.1. The monoisotopic (exact) mass is 394 g/mol. The third-order valence-electron chi connectivity index (χ3n) is 4.93. The maximum Gasteiger partial charge on any atom is 0.276 e. The first kappa shape index (κ1) is 21.1. The number of hydrogen-bond donors (Lipinski definition) is 2. The summed E-state index contributed by atoms with van der Waals surface area (Å²) in [7, 11) is 0. The molecule has 8 heteroatoms. The van der Waals surface area contributed by atoms with Crippen molar-refractivity contribution < 1.29 is 9.18 Å². The number of para-hydroxylation sites is 1. The van der Waals surface area contributed by atoms with E-state index in [1.54, 1.807) is 25.1 Å². The fraction of sp³-hybridized carbons (Fsp3) is 0.421. The van der Waals surface area contributed by atoms with E-state index in [0.717, 1.165) is 25.7 Å². The van der Waals surface area contributed by atoms with Crippen LogP contribution in [0.5, 0.6) is 0 Å². The molecule has 0 aliphatic heterocycles. The Labute approximate surface area is 163 Å². The number of benzene rings is 1. The van der Waals surface area contributed by atoms with E-state index in [0.29, 0.717) is 12.2 Å². The van der Waals surface area contributed by atoms with Gasteiger partial charge in [0.2, 0.25) is 5.43 Å². The maximum atomic E-state index is 14.1. The number of aryl methyl sites for hydroxylation is 1. The van der Waals surface area contributed by atoms with Crippen molar-refractivity contribution in [2.45, 2.75) is 38.6 Å². The average Bonchev–Trinajstić information content (AvgIpc) is 2.63. The summed E-state index contributed by atoms with van der Waals surface area (Å²) in [5.74, 6) is -0.814. The van der Waals surface area contributed by atoms with Gasteiger partial charge in [0, 0.05) is 17.8 Å². The van der Waals surface area contributed by atoms with Crippen LogP contribution in [0.1, 0.15) is 41.9 Å². The van der Waals surface area contributed by atoms with E-state index in [1.807, 2.05) is 0 Å². The van der Waals surface area contributed by atoms with Gasteiger partial charge in [0.25, 0.3) is 5.91 Å². The molecule has 0 radical (unpaired) electrons. The lowest BCUT2D eigenvalue weighted by molar-refractivity contribution is 0.0900. The van der Waals surface area contributed by atoms with Crippen molar-refractivity contribution in [3.05, 3.63) is 57.8 Å². The molecule has 1 fully saturated rings. The highest BCUT2D eigenvalue weighted by Crippen LogP contribution is 2.23. The number of amides is 1. The molecule has 1 heterocycles. The van der Waals surface area contributed by atoms with Gasteiger partial charge in [0.15, 0.2) is 5.69 Å². The fourth-order valence-electron chi connectivity index (χ4n) is 3.49. The molecular weight excluding hydrogens is 371 g/mol. The Bertz CT molecular complexity index is 871. The highest BCUT2D eigenvalue weighted by Gasteiger charge is 2.27. The molecule has 0 saturated heterocycles. The fourth-order valence-corrected chi connectivity index (χ4v) is 3.49. The Morgan fingerprint density at radius 3 is 2.74 bits per heavy atom. The summed E-state index contributed by atoms with van der Waals surface area (Å²) in [5.41, 5.74) is 5.73. The first-order valence-corrected chi connectivity index (χ1v) is 8.88. The third kappa shape index (κ3) is 4.54. The zero-order chi connectivity index (χ0) is 18.7. The van der Waals surface area contributed by atoms with Gasteiger partial charge in [-0.15, -0.1) is 12.4 Å². The molecule has 0 bridgehead atoms. The van der Waals surface area contributed by atoms with Crippen LogP contribution < -0.4 is 16.5 Å². The quantitative estimate of drug-likeness (QED) is 0.832. The predicted molar refractivity (Wildman–Crippen MR) is 104 cm³/mol. The zero-order valence-electron chi connectivity index (χ0n) is 15.2. The molecule has 1 aromatic carbocycles. The minimum atomic E-state index is -0.537. The van der Waals surface area contributed by atoms with Crippen molar-refractivity contribution in [3.8, 4) is 5.69 Å². The van der Waals surface area contributed by atoms with Crippen LogP contribution in [0, 0.1) is 18.7 Å². The number of aromatic nitrogens is 2. The predicted octanol–water partition coefficient (Wildman–Crippen LogP) is 2.35. The molecule has 27 heavy (non-hydrogen) atoms. The molecule has 3 rings (SSSR count). The zero-order valence-corrected chi connectivity index (χ0v) is 16.0. The third-order valence-corrected chi connectivity index (χ3v) is 4.93. The van der Waals surface area contributed by atoms with Crippen molar-refractivity contribution in [2.24, 2.45) is 11.7 Å². The standard InChI is InChI=1S/C19H23FN4O2.ClH/c1-12-10-17(25)18(23-24(12)16-9-5-3-7-14(16)20)19(26)22-15-8-4-2-6-13(15)11-21;/h3,5,7,9-10,13,15H,2,4,6,8,11,21H2,1H3,(H,22,26);1H. The van der Waals surface area contributed by atoms with Gasteiger partial charge >= 0.3 is 0 Å². The molecule has 146 valence electrons. The van der Waals surface area contributed by atoms with E-state index in [9.17, 15) is 14.0 Å². The van der Waals surface area contributed by atoms with Crippen molar-refractivity contribution in [2.75, 3.05) is 6.54 Å². The van der Waals surface area contributed by atoms with Crippen molar-refractivity contribution in [3.63, 3.8) is 0 Å². The molecule has 1 aliphatic carbocycles. The molecule has 1 aromatic heterocycles. The molecular formula is C19H24ClFN4O2. The van der Waals surface area contributed by atoms with Crippen molar-refractivity contribution >= 4 is 18.3 Å². The molecule has 3 N–H and O–H groups in total. The molecule has 1 aliphatic rings. The van der Waals surface area contributed by atoms with Gasteiger partial charge in [-0.05, 0) is 44.4 Å². The van der Waals surface area contributed by atoms with Crippen LogP contribution in [-0.4, -0.2) is 28.3 Å². The summed E-state index contributed by atoms with van der Waals surface area (Å²) in [4.78, 5) is 24.9. The van der Waals surface area contributed by atoms with Crippen LogP contribution in [0.15, 0.2) is 35.1 Å². The van der Waals surface area contributed by atoms with E-state index >= 15 is 0 Å². The highest BCUT2D eigenvalue weighted by molar-refractivity contribution is 5.92. The minimum Gasteiger partial charge on any atom is -0.347 e. The van der Waals surface area contributed by atoms with Gasteiger partial charge in [-0.3, -0.25) is 9.59 Å². The highest BCUT2D eigenvalue weighted by atomic mass is 35.5. The van der Waals surface area contributed by atoms with Gasteiger partial charge in [0.05, 0.1) is 0 Å². The number of nitrogens with two attached hydrogens (primary N) is 1. The summed E-state index contributed by atoms with van der Waals surface area (Å²) in [6.45, 7) is 2.14. The Kier molecular flexibility index (Phi) is 7.10. The van der Waals surface area contributed by atoms with E-state index in [-0.39, 0.29) is 35.7 Å². The number of carbonyl (C=O) groups is 1. The Balaban J connectivity index is 0.00000261. The minimum absolute atomic E-state index is 0. The van der Waals surface area contributed by atoms with Crippen molar-refractivity contribution in [1.82, 2.24) is 15.1 Å². The van der Waals surface area contributed by atoms with Crippen LogP contribution in [0.25, 0.3) is 5.69 Å². The molecule has 6 nitrogen and oxygen atoms in total. The lowest BCUT2D eigenvalue weighted by Crippen LogP contribution is -2.46. The molecule has 0 spiro atoms. The first-order chi connectivity index (χ1) is 12.5. The Morgan fingerprint density at radius 2 is 2.04 bits per heavy atom. The van der Waals surface area contributed by atoms with Gasteiger partial charge < -0.3 is 11.1 Å². The number of nitrogens with one attached hydrogen (secondary N) is 1. The average molecular weight is 395 g/mol. The summed E-state index contributed by atoms with van der Waals surface area (Å²) >= 11 is 0. The lowest BCUT2D eigenvalue weighted by Gasteiger charge is -2.31. The largest absolute Gasteiger partial charge is 0.347 e. The summed E-state index contributed by atoms with van der Waals surface area (Å²) in [6, 6.07) is 7.34. The summed E-state index contributed by atoms with van der Waals surface area (Å²) in [6.07, 6.45) is 3.91. The van der Waals surface area contributed by atoms with E-state index in [4.69, 9.17) is 5.73 Å². The second-order valence-electron chi connectivity index (χ2n) is 6.72.